The van der Waals surface area contributed by atoms with Crippen LogP contribution in [0.25, 0.3) is 32.6 Å². The van der Waals surface area contributed by atoms with Crippen LogP contribution in [0.4, 0.5) is 24.5 Å². The highest BCUT2D eigenvalue weighted by atomic mass is 35.5. The highest BCUT2D eigenvalue weighted by Crippen LogP contribution is 2.49. The molecule has 14 heteroatoms. The number of hydrogen-bond acceptors (Lipinski definition) is 6. The van der Waals surface area contributed by atoms with Crippen molar-refractivity contribution in [2.45, 2.75) is 12.1 Å². The van der Waals surface area contributed by atoms with Crippen molar-refractivity contribution in [3.05, 3.63) is 95.1 Å². The van der Waals surface area contributed by atoms with Crippen LogP contribution in [0.3, 0.4) is 0 Å². The maximum atomic E-state index is 14.0. The number of phenols is 1. The Morgan fingerprint density at radius 2 is 1.83 bits per heavy atom. The maximum Gasteiger partial charge on any atom is 0.432 e. The van der Waals surface area contributed by atoms with Gasteiger partial charge in [-0.1, -0.05) is 24.3 Å². The van der Waals surface area contributed by atoms with Crippen LogP contribution < -0.4 is 10.2 Å². The molecule has 1 atom stereocenters. The lowest BCUT2D eigenvalue weighted by molar-refractivity contribution is -0.141. The molecule has 3 aromatic carbocycles. The first kappa shape index (κ1) is 30.1. The third-order valence-electron chi connectivity index (χ3n) is 8.25. The molecule has 0 bridgehead atoms. The van der Waals surface area contributed by atoms with Gasteiger partial charge >= 0.3 is 12.1 Å². The van der Waals surface area contributed by atoms with Gasteiger partial charge in [-0.05, 0) is 41.3 Å². The number of carbonyl (C=O) groups is 3. The fourth-order valence-electron chi connectivity index (χ4n) is 6.13. The summed E-state index contributed by atoms with van der Waals surface area (Å²) in [5.74, 6) is -3.58. The van der Waals surface area contributed by atoms with Crippen LogP contribution in [0.2, 0.25) is 0 Å². The number of nitrogens with one attached hydrogen (secondary N) is 3. The lowest BCUT2D eigenvalue weighted by Crippen LogP contribution is -2.30. The minimum atomic E-state index is -4.97. The quantitative estimate of drug-likeness (QED) is 0.117. The zero-order valence-electron chi connectivity index (χ0n) is 24.3. The van der Waals surface area contributed by atoms with Gasteiger partial charge in [0.05, 0.1) is 23.9 Å². The van der Waals surface area contributed by atoms with E-state index in [9.17, 15) is 32.7 Å². The van der Waals surface area contributed by atoms with Crippen molar-refractivity contribution in [1.29, 1.82) is 0 Å². The zero-order valence-corrected chi connectivity index (χ0v) is 25.1. The first-order valence-corrected chi connectivity index (χ1v) is 14.8. The van der Waals surface area contributed by atoms with E-state index in [2.05, 4.69) is 25.0 Å². The molecule has 1 aliphatic heterocycles. The van der Waals surface area contributed by atoms with E-state index < -0.39 is 46.9 Å². The Labute approximate surface area is 268 Å². The number of pyridine rings is 1. The van der Waals surface area contributed by atoms with E-state index >= 15 is 0 Å². The highest BCUT2D eigenvalue weighted by Gasteiger charge is 2.43. The fourth-order valence-corrected chi connectivity index (χ4v) is 6.38. The van der Waals surface area contributed by atoms with Gasteiger partial charge in [0.15, 0.2) is 0 Å². The number of halogens is 4. The number of aromatic nitrogens is 3. The number of anilines is 2. The molecular formula is C33H23ClF3N5O5. The fraction of sp³-hybridized carbons (Fsp3) is 0.152. The molecule has 0 aliphatic carbocycles. The number of carbonyl (C=O) groups excluding carboxylic acids is 3. The first-order valence-electron chi connectivity index (χ1n) is 14.2. The lowest BCUT2D eigenvalue weighted by atomic mass is 9.95. The highest BCUT2D eigenvalue weighted by molar-refractivity contribution is 6.20. The molecule has 10 nitrogen and oxygen atoms in total. The summed E-state index contributed by atoms with van der Waals surface area (Å²) in [6.45, 7) is -0.0290. The SMILES string of the molecule is COC(=O)c1c(C(F)(F)F)[nH]c2c(O)cc3c(c12)[C@H](CCl)CN3C(=O)c1cc2cc(NC(=O)c3cc4ccccc4cn3)ccc2[nH]1. The number of rotatable bonds is 5. The molecule has 0 radical (unpaired) electrons. The number of aromatic hydroxyl groups is 1. The van der Waals surface area contributed by atoms with Crippen LogP contribution in [0.5, 0.6) is 5.75 Å². The van der Waals surface area contributed by atoms with Crippen molar-refractivity contribution in [3.8, 4) is 5.75 Å². The summed E-state index contributed by atoms with van der Waals surface area (Å²) >= 11 is 6.25. The maximum absolute atomic E-state index is 14.0. The number of esters is 1. The van der Waals surface area contributed by atoms with Gasteiger partial charge in [0, 0.05) is 58.0 Å². The first-order chi connectivity index (χ1) is 22.5. The number of hydrogen-bond donors (Lipinski definition) is 4. The molecular weight excluding hydrogens is 639 g/mol. The topological polar surface area (TPSA) is 140 Å². The van der Waals surface area contributed by atoms with Crippen molar-refractivity contribution in [3.63, 3.8) is 0 Å². The van der Waals surface area contributed by atoms with E-state index in [1.807, 2.05) is 24.3 Å². The van der Waals surface area contributed by atoms with Gasteiger partial charge in [0.25, 0.3) is 11.8 Å². The second-order valence-corrected chi connectivity index (χ2v) is 11.4. The summed E-state index contributed by atoms with van der Waals surface area (Å²) < 4.78 is 46.6. The minimum absolute atomic E-state index is 0.0290. The molecule has 0 spiro atoms. The van der Waals surface area contributed by atoms with E-state index in [-0.39, 0.29) is 46.0 Å². The van der Waals surface area contributed by atoms with E-state index in [4.69, 9.17) is 11.6 Å². The number of fused-ring (bicyclic) bond motifs is 5. The Bertz CT molecular complexity index is 2280. The third kappa shape index (κ3) is 4.99. The molecule has 6 aromatic rings. The van der Waals surface area contributed by atoms with Crippen LogP contribution in [-0.4, -0.2) is 57.4 Å². The summed E-state index contributed by atoms with van der Waals surface area (Å²) in [6, 6.07) is 17.0. The molecule has 0 unspecified atom stereocenters. The van der Waals surface area contributed by atoms with Crippen LogP contribution in [-0.2, 0) is 10.9 Å². The molecule has 1 aliphatic rings. The lowest BCUT2D eigenvalue weighted by Gasteiger charge is -2.17. The van der Waals surface area contributed by atoms with E-state index in [0.29, 0.717) is 16.6 Å². The minimum Gasteiger partial charge on any atom is -0.506 e. The number of amides is 2. The van der Waals surface area contributed by atoms with E-state index in [1.54, 1.807) is 36.5 Å². The average molecular weight is 662 g/mol. The third-order valence-corrected chi connectivity index (χ3v) is 8.63. The van der Waals surface area contributed by atoms with Crippen LogP contribution >= 0.6 is 11.6 Å². The van der Waals surface area contributed by atoms with Gasteiger partial charge in [-0.2, -0.15) is 13.2 Å². The second kappa shape index (κ2) is 11.1. The van der Waals surface area contributed by atoms with Crippen molar-refractivity contribution >= 4 is 73.3 Å². The zero-order chi connectivity index (χ0) is 33.2. The number of ether oxygens (including phenoxy) is 1. The van der Waals surface area contributed by atoms with Gasteiger partial charge in [-0.25, -0.2) is 4.79 Å². The molecule has 2 amide bonds. The molecule has 4 N–H and O–H groups in total. The summed E-state index contributed by atoms with van der Waals surface area (Å²) in [7, 11) is 0.951. The van der Waals surface area contributed by atoms with Crippen molar-refractivity contribution in [2.24, 2.45) is 0 Å². The second-order valence-electron chi connectivity index (χ2n) is 11.1. The molecule has 0 saturated heterocycles. The summed E-state index contributed by atoms with van der Waals surface area (Å²) in [5.41, 5.74) is -0.780. The predicted octanol–water partition coefficient (Wildman–Crippen LogP) is 6.94. The summed E-state index contributed by atoms with van der Waals surface area (Å²) in [6.07, 6.45) is -3.35. The molecule has 7 rings (SSSR count). The number of H-pyrrole nitrogens is 2. The molecule has 0 saturated carbocycles. The molecule has 47 heavy (non-hydrogen) atoms. The Hall–Kier alpha value is -5.56. The predicted molar refractivity (Wildman–Crippen MR) is 169 cm³/mol. The largest absolute Gasteiger partial charge is 0.506 e. The molecule has 0 fully saturated rings. The number of nitrogens with zero attached hydrogens (tertiary/aromatic N) is 2. The van der Waals surface area contributed by atoms with Gasteiger partial charge in [-0.15, -0.1) is 11.6 Å². The normalized spacial score (nSPS) is 14.6. The van der Waals surface area contributed by atoms with E-state index in [0.717, 1.165) is 17.9 Å². The Morgan fingerprint density at radius 1 is 1.06 bits per heavy atom. The molecule has 4 heterocycles. The van der Waals surface area contributed by atoms with Gasteiger partial charge in [-0.3, -0.25) is 14.6 Å². The Kier molecular flexibility index (Phi) is 7.08. The number of alkyl halides is 4. The van der Waals surface area contributed by atoms with Gasteiger partial charge in [0.2, 0.25) is 0 Å². The number of benzene rings is 3. The van der Waals surface area contributed by atoms with Gasteiger partial charge in [0.1, 0.15) is 22.8 Å². The monoisotopic (exact) mass is 661 g/mol. The Balaban J connectivity index is 1.23. The summed E-state index contributed by atoms with van der Waals surface area (Å²) in [5, 5.41) is 15.8. The van der Waals surface area contributed by atoms with Crippen molar-refractivity contribution in [2.75, 3.05) is 29.8 Å². The summed E-state index contributed by atoms with van der Waals surface area (Å²) in [4.78, 5) is 50.2. The van der Waals surface area contributed by atoms with Crippen LogP contribution in [0.1, 0.15) is 48.5 Å². The number of phenolic OH excluding ortho intramolecular Hbond substituents is 1. The van der Waals surface area contributed by atoms with E-state index in [1.165, 1.54) is 11.0 Å². The van der Waals surface area contributed by atoms with Crippen LogP contribution in [0, 0.1) is 0 Å². The molecule has 3 aromatic heterocycles. The number of methoxy groups -OCH3 is 1. The number of aromatic amines is 2. The standard InChI is InChI=1S/C33H23ClF3N5O5/c1-47-32(46)27-26-25-18(12-34)14-42(23(25)11-24(43)28(26)41-29(27)33(35,36)37)31(45)22-10-17-8-19(6-7-20(17)40-22)39-30(44)21-9-15-4-2-3-5-16(15)13-38-21/h2-11,13,18,40-41,43H,12,14H2,1H3,(H,39,44)/t18-/m1/s1. The molecule has 238 valence electrons. The Morgan fingerprint density at radius 3 is 2.55 bits per heavy atom. The van der Waals surface area contributed by atoms with Crippen molar-refractivity contribution < 1.29 is 37.4 Å². The average Bonchev–Trinajstić information content (AvgIpc) is 3.77. The van der Waals surface area contributed by atoms with Crippen LogP contribution in [0.15, 0.2) is 66.9 Å². The smallest absolute Gasteiger partial charge is 0.432 e. The van der Waals surface area contributed by atoms with Gasteiger partial charge < -0.3 is 30.0 Å². The van der Waals surface area contributed by atoms with Crippen molar-refractivity contribution in [1.82, 2.24) is 15.0 Å².